The Morgan fingerprint density at radius 2 is 1.42 bits per heavy atom. The number of nitrogens with two attached hydrogens (primary N) is 1. The predicted molar refractivity (Wildman–Crippen MR) is 262 cm³/mol. The Labute approximate surface area is 397 Å². The predicted octanol–water partition coefficient (Wildman–Crippen LogP) is 10.1. The van der Waals surface area contributed by atoms with Gasteiger partial charge >= 0.3 is 12.1 Å². The molecule has 0 saturated heterocycles. The molecule has 1 aliphatic carbocycles. The van der Waals surface area contributed by atoms with E-state index in [0.717, 1.165) is 38.9 Å². The zero-order chi connectivity index (χ0) is 47.7. The number of hydrogen-bond acceptors (Lipinski definition) is 8. The number of halogens is 1. The zero-order valence-corrected chi connectivity index (χ0v) is 40.1. The molecule has 1 unspecified atom stereocenters. The molecule has 8 rings (SSSR count). The van der Waals surface area contributed by atoms with E-state index in [1.165, 1.54) is 0 Å². The van der Waals surface area contributed by atoms with Crippen LogP contribution in [0.25, 0.3) is 11.1 Å². The Morgan fingerprint density at radius 1 is 0.821 bits per heavy atom. The maximum atomic E-state index is 15.0. The average molecular weight is 940 g/mol. The second kappa shape index (κ2) is 18.9. The molecule has 13 heteroatoms. The van der Waals surface area contributed by atoms with E-state index in [0.29, 0.717) is 45.0 Å². The van der Waals surface area contributed by atoms with Gasteiger partial charge in [-0.15, -0.1) is 0 Å². The summed E-state index contributed by atoms with van der Waals surface area (Å²) >= 11 is 6.98. The lowest BCUT2D eigenvalue weighted by molar-refractivity contribution is -0.156. The second-order valence-electron chi connectivity index (χ2n) is 17.9. The van der Waals surface area contributed by atoms with Gasteiger partial charge < -0.3 is 25.3 Å². The van der Waals surface area contributed by atoms with Crippen molar-refractivity contribution in [2.45, 2.75) is 88.9 Å². The van der Waals surface area contributed by atoms with Crippen LogP contribution in [0, 0.1) is 27.7 Å². The van der Waals surface area contributed by atoms with Crippen LogP contribution in [0.1, 0.15) is 88.2 Å². The Kier molecular flexibility index (Phi) is 13.2. The fraction of sp³-hybridized carbons (Fsp3) is 0.278. The van der Waals surface area contributed by atoms with E-state index in [4.69, 9.17) is 31.5 Å². The van der Waals surface area contributed by atoms with E-state index >= 15 is 0 Å². The topological polar surface area (TPSA) is 158 Å². The van der Waals surface area contributed by atoms with E-state index in [1.807, 2.05) is 131 Å². The van der Waals surface area contributed by atoms with Gasteiger partial charge in [0.15, 0.2) is 5.60 Å². The third-order valence-corrected chi connectivity index (χ3v) is 14.8. The van der Waals surface area contributed by atoms with Gasteiger partial charge in [-0.1, -0.05) is 138 Å². The molecule has 0 spiro atoms. The number of alkyl carbamates (subject to hydrolysis) is 1. The summed E-state index contributed by atoms with van der Waals surface area (Å²) < 4.78 is 49.2. The van der Waals surface area contributed by atoms with Crippen LogP contribution in [0.15, 0.2) is 137 Å². The molecule has 0 aromatic heterocycles. The van der Waals surface area contributed by atoms with Crippen LogP contribution >= 0.6 is 11.6 Å². The number of hydrogen-bond donors (Lipinski definition) is 3. The molecule has 1 heterocycles. The minimum absolute atomic E-state index is 0.0000159. The van der Waals surface area contributed by atoms with Crippen LogP contribution in [-0.4, -0.2) is 51.2 Å². The van der Waals surface area contributed by atoms with E-state index in [-0.39, 0.29) is 42.8 Å². The van der Waals surface area contributed by atoms with Gasteiger partial charge in [0, 0.05) is 46.2 Å². The van der Waals surface area contributed by atoms with Gasteiger partial charge in [-0.2, -0.15) is 0 Å². The fourth-order valence-corrected chi connectivity index (χ4v) is 11.3. The molecule has 6 aromatic rings. The Balaban J connectivity index is 1.07. The molecule has 2 aliphatic rings. The van der Waals surface area contributed by atoms with Gasteiger partial charge in [0.1, 0.15) is 24.0 Å². The van der Waals surface area contributed by atoms with Crippen molar-refractivity contribution < 1.29 is 32.2 Å². The Morgan fingerprint density at radius 3 is 2.07 bits per heavy atom. The van der Waals surface area contributed by atoms with Crippen LogP contribution in [0.4, 0.5) is 4.79 Å². The summed E-state index contributed by atoms with van der Waals surface area (Å²) in [5, 5.41) is 3.18. The number of fused-ring (bicyclic) bond motifs is 4. The lowest BCUT2D eigenvalue weighted by atomic mass is 9.79. The molecule has 4 N–H and O–H groups in total. The van der Waals surface area contributed by atoms with E-state index in [2.05, 4.69) is 27.2 Å². The molecular formula is C54H55ClN4O7S. The van der Waals surface area contributed by atoms with E-state index in [9.17, 15) is 18.0 Å². The molecule has 346 valence electrons. The summed E-state index contributed by atoms with van der Waals surface area (Å²) in [7, 11) is -4.16. The second-order valence-corrected chi connectivity index (χ2v) is 19.9. The fourth-order valence-electron chi connectivity index (χ4n) is 9.48. The summed E-state index contributed by atoms with van der Waals surface area (Å²) in [5.41, 5.74) is 14.0. The number of carbonyl (C=O) groups excluding carboxylic acids is 2. The molecule has 1 amide bonds. The average Bonchev–Trinajstić information content (AvgIpc) is 3.82. The van der Waals surface area contributed by atoms with Crippen LogP contribution in [0.5, 0.6) is 5.75 Å². The molecule has 11 nitrogen and oxygen atoms in total. The highest BCUT2D eigenvalue weighted by atomic mass is 35.5. The monoisotopic (exact) mass is 938 g/mol. The third-order valence-electron chi connectivity index (χ3n) is 12.8. The maximum Gasteiger partial charge on any atom is 0.407 e. The van der Waals surface area contributed by atoms with Crippen molar-refractivity contribution in [1.29, 1.82) is 0 Å². The number of rotatable bonds is 14. The summed E-state index contributed by atoms with van der Waals surface area (Å²) in [4.78, 5) is 33.4. The van der Waals surface area contributed by atoms with E-state index < -0.39 is 39.3 Å². The van der Waals surface area contributed by atoms with Gasteiger partial charge in [0.05, 0.1) is 4.90 Å². The molecular weight excluding hydrogens is 884 g/mol. The molecule has 0 saturated carbocycles. The first-order valence-electron chi connectivity index (χ1n) is 22.4. The summed E-state index contributed by atoms with van der Waals surface area (Å²) in [6.07, 6.45) is -0.0535. The number of aliphatic imine (C=N–C) groups is 1. The summed E-state index contributed by atoms with van der Waals surface area (Å²) in [6, 6.07) is 39.0. The lowest BCUT2D eigenvalue weighted by Crippen LogP contribution is -2.46. The number of benzene rings is 6. The maximum absolute atomic E-state index is 15.0. The number of sulfonamides is 1. The normalized spacial score (nSPS) is 15.3. The van der Waals surface area contributed by atoms with Gasteiger partial charge in [-0.25, -0.2) is 22.7 Å². The molecule has 0 radical (unpaired) electrons. The first kappa shape index (κ1) is 46.9. The van der Waals surface area contributed by atoms with Crippen molar-refractivity contribution in [3.05, 3.63) is 188 Å². The van der Waals surface area contributed by atoms with Crippen molar-refractivity contribution in [1.82, 2.24) is 10.0 Å². The molecule has 2 atom stereocenters. The first-order chi connectivity index (χ1) is 32.0. The van der Waals surface area contributed by atoms with Crippen molar-refractivity contribution in [2.24, 2.45) is 10.7 Å². The highest BCUT2D eigenvalue weighted by Gasteiger charge is 2.44. The van der Waals surface area contributed by atoms with Crippen LogP contribution in [-0.2, 0) is 36.3 Å². The van der Waals surface area contributed by atoms with Crippen molar-refractivity contribution in [3.63, 3.8) is 0 Å². The van der Waals surface area contributed by atoms with Crippen LogP contribution in [0.2, 0.25) is 5.02 Å². The molecule has 67 heavy (non-hydrogen) atoms. The SMILES string of the molecule is Cc1ccc(C(OC(=O)[C@H](CCCN=C(N)NS(=O)(=O)c2c(C)c(C)c3c(c2C)CC(C)(C)O3)NC(=O)OCC2c3ccccc3-c3ccccc32)(c2ccccc2)c2ccccc2Cl)cc1. The Bertz CT molecular complexity index is 2950. The zero-order valence-electron chi connectivity index (χ0n) is 38.5. The standard InChI is InChI=1S/C54H55ClN4O7S/c1-33-26-28-38(29-27-33)54(37-17-8-7-9-18-37,45-23-14-15-24-46(45)55)66-50(60)47(58-52(61)64-32-44-41-21-12-10-19-39(41)40-20-11-13-22-42(40)44)25-16-30-57-51(56)59-67(62,63)49-35(3)34(2)48-43(36(49)4)31-53(5,6)65-48/h7-15,17-24,26-29,44,47H,16,25,30-32H2,1-6H3,(H,58,61)(H3,56,57,59)/t47-,54?/m0/s1. The van der Waals surface area contributed by atoms with Gasteiger partial charge in [-0.3, -0.25) is 4.99 Å². The molecule has 0 bridgehead atoms. The number of carbonyl (C=O) groups is 2. The summed E-state index contributed by atoms with van der Waals surface area (Å²) in [6.45, 7) is 11.3. The van der Waals surface area contributed by atoms with Gasteiger partial charge in [0.2, 0.25) is 5.96 Å². The highest BCUT2D eigenvalue weighted by molar-refractivity contribution is 7.90. The minimum Gasteiger partial charge on any atom is -0.487 e. The van der Waals surface area contributed by atoms with E-state index in [1.54, 1.807) is 26.0 Å². The first-order valence-corrected chi connectivity index (χ1v) is 24.2. The molecule has 0 fully saturated rings. The molecule has 1 aliphatic heterocycles. The lowest BCUT2D eigenvalue weighted by Gasteiger charge is -2.37. The van der Waals surface area contributed by atoms with Gasteiger partial charge in [0.25, 0.3) is 10.0 Å². The number of aryl methyl sites for hydroxylation is 1. The number of nitrogens with zero attached hydrogens (tertiary/aromatic N) is 1. The molecule has 6 aromatic carbocycles. The quantitative estimate of drug-likeness (QED) is 0.0320. The van der Waals surface area contributed by atoms with Gasteiger partial charge in [-0.05, 0) is 99.4 Å². The number of ether oxygens (including phenoxy) is 3. The van der Waals surface area contributed by atoms with Crippen LogP contribution < -0.4 is 20.5 Å². The van der Waals surface area contributed by atoms with Crippen molar-refractivity contribution >= 4 is 39.6 Å². The number of esters is 1. The largest absolute Gasteiger partial charge is 0.487 e. The third kappa shape index (κ3) is 9.38. The highest BCUT2D eigenvalue weighted by Crippen LogP contribution is 2.47. The Hall–Kier alpha value is -6.63. The van der Waals surface area contributed by atoms with Crippen molar-refractivity contribution in [2.75, 3.05) is 13.2 Å². The smallest absolute Gasteiger partial charge is 0.407 e. The number of guanidine groups is 1. The van der Waals surface area contributed by atoms with Crippen molar-refractivity contribution in [3.8, 4) is 16.9 Å². The number of nitrogens with one attached hydrogen (secondary N) is 2. The minimum atomic E-state index is -4.16. The summed E-state index contributed by atoms with van der Waals surface area (Å²) in [5.74, 6) is -0.586. The van der Waals surface area contributed by atoms with Crippen LogP contribution in [0.3, 0.4) is 0 Å². The number of amides is 1.